The van der Waals surface area contributed by atoms with Crippen LogP contribution in [0.3, 0.4) is 0 Å². The summed E-state index contributed by atoms with van der Waals surface area (Å²) in [5, 5.41) is 0.116. The van der Waals surface area contributed by atoms with Crippen LogP contribution in [0.4, 0.5) is 0 Å². The van der Waals surface area contributed by atoms with Gasteiger partial charge in [0.15, 0.2) is 8.32 Å². The first-order chi connectivity index (χ1) is 12.0. The average Bonchev–Trinajstić information content (AvgIpc) is 2.58. The Kier molecular flexibility index (Phi) is 8.71. The van der Waals surface area contributed by atoms with E-state index < -0.39 is 8.32 Å². The molecule has 148 valence electrons. The molecule has 26 heavy (non-hydrogen) atoms. The van der Waals surface area contributed by atoms with Gasteiger partial charge < -0.3 is 9.16 Å². The summed E-state index contributed by atoms with van der Waals surface area (Å²) in [6.07, 6.45) is 0.454. The summed E-state index contributed by atoms with van der Waals surface area (Å²) >= 11 is 0. The molecule has 0 N–H and O–H groups in total. The lowest BCUT2D eigenvalue weighted by atomic mass is 9.90. The molecule has 1 rings (SSSR count). The predicted octanol–water partition coefficient (Wildman–Crippen LogP) is 5.84. The average molecular weight is 379 g/mol. The summed E-state index contributed by atoms with van der Waals surface area (Å²) < 4.78 is 12.6. The smallest absolute Gasteiger partial charge is 0.192 e. The summed E-state index contributed by atoms with van der Waals surface area (Å²) in [7, 11) is -1.96. The molecule has 0 aliphatic carbocycles. The van der Waals surface area contributed by atoms with Crippen LogP contribution in [0.2, 0.25) is 18.1 Å². The number of Topliss-reactive ketones (excluding diaryl/α,β-unsaturated/α-hetero) is 1. The van der Waals surface area contributed by atoms with Crippen LogP contribution in [0.15, 0.2) is 30.3 Å². The van der Waals surface area contributed by atoms with Crippen LogP contribution in [0.1, 0.15) is 53.5 Å². The van der Waals surface area contributed by atoms with Crippen LogP contribution >= 0.6 is 0 Å². The SMILES string of the molecule is CCC(=O)C(C)C(O[Si](C)(C)C(C)(C)C)[C@H](C)COCc1ccccc1. The van der Waals surface area contributed by atoms with Crippen molar-refractivity contribution in [3.8, 4) is 0 Å². The Morgan fingerprint density at radius 1 is 1.12 bits per heavy atom. The van der Waals surface area contributed by atoms with Gasteiger partial charge in [-0.1, -0.05) is 71.9 Å². The maximum atomic E-state index is 12.4. The van der Waals surface area contributed by atoms with E-state index in [0.29, 0.717) is 19.6 Å². The maximum Gasteiger partial charge on any atom is 0.192 e. The van der Waals surface area contributed by atoms with E-state index in [2.05, 4.69) is 52.9 Å². The third kappa shape index (κ3) is 6.64. The van der Waals surface area contributed by atoms with Crippen LogP contribution in [0.25, 0.3) is 0 Å². The largest absolute Gasteiger partial charge is 0.413 e. The molecule has 0 aromatic heterocycles. The molecule has 0 bridgehead atoms. The Bertz CT molecular complexity index is 548. The molecule has 0 heterocycles. The van der Waals surface area contributed by atoms with Crippen molar-refractivity contribution in [2.24, 2.45) is 11.8 Å². The fourth-order valence-corrected chi connectivity index (χ4v) is 4.24. The van der Waals surface area contributed by atoms with Gasteiger partial charge in [0.1, 0.15) is 5.78 Å². The normalized spacial score (nSPS) is 16.2. The standard InChI is InChI=1S/C22H38O3Si/c1-9-20(23)18(3)21(25-26(7,8)22(4,5)6)17(2)15-24-16-19-13-11-10-12-14-19/h10-14,17-18,21H,9,15-16H2,1-8H3/t17-,18?,21?/m1/s1. The number of ether oxygens (including phenoxy) is 1. The van der Waals surface area contributed by atoms with Crippen molar-refractivity contribution in [1.29, 1.82) is 0 Å². The summed E-state index contributed by atoms with van der Waals surface area (Å²) in [6.45, 7) is 18.5. The molecule has 0 saturated carbocycles. The van der Waals surface area contributed by atoms with Gasteiger partial charge in [0.2, 0.25) is 0 Å². The monoisotopic (exact) mass is 378 g/mol. The highest BCUT2D eigenvalue weighted by atomic mass is 28.4. The molecule has 0 aliphatic heterocycles. The third-order valence-corrected chi connectivity index (χ3v) is 10.1. The van der Waals surface area contributed by atoms with E-state index in [9.17, 15) is 4.79 Å². The van der Waals surface area contributed by atoms with Crippen molar-refractivity contribution >= 4 is 14.1 Å². The zero-order valence-electron chi connectivity index (χ0n) is 18.0. The van der Waals surface area contributed by atoms with Crippen molar-refractivity contribution in [3.05, 3.63) is 35.9 Å². The van der Waals surface area contributed by atoms with E-state index >= 15 is 0 Å². The molecule has 3 atom stereocenters. The molecular weight excluding hydrogens is 340 g/mol. The second kappa shape index (κ2) is 9.82. The molecule has 3 nitrogen and oxygen atoms in total. The Morgan fingerprint density at radius 3 is 2.19 bits per heavy atom. The number of hydrogen-bond donors (Lipinski definition) is 0. The fourth-order valence-electron chi connectivity index (χ4n) is 2.76. The lowest BCUT2D eigenvalue weighted by Gasteiger charge is -2.42. The first kappa shape index (κ1) is 23.1. The minimum absolute atomic E-state index is 0.0980. The van der Waals surface area contributed by atoms with Gasteiger partial charge in [-0.3, -0.25) is 4.79 Å². The summed E-state index contributed by atoms with van der Waals surface area (Å²) in [6, 6.07) is 10.2. The molecule has 1 aromatic carbocycles. The van der Waals surface area contributed by atoms with Crippen molar-refractivity contribution in [1.82, 2.24) is 0 Å². The van der Waals surface area contributed by atoms with Crippen LogP contribution < -0.4 is 0 Å². The minimum atomic E-state index is -1.96. The number of carbonyl (C=O) groups excluding carboxylic acids is 1. The zero-order chi connectivity index (χ0) is 20.0. The highest BCUT2D eigenvalue weighted by Gasteiger charge is 2.42. The first-order valence-corrected chi connectivity index (χ1v) is 12.7. The number of rotatable bonds is 10. The first-order valence-electron chi connectivity index (χ1n) is 9.81. The Hall–Kier alpha value is -0.973. The molecule has 1 aromatic rings. The van der Waals surface area contributed by atoms with Gasteiger partial charge in [-0.25, -0.2) is 0 Å². The second-order valence-electron chi connectivity index (χ2n) is 8.93. The van der Waals surface area contributed by atoms with Gasteiger partial charge in [0, 0.05) is 18.3 Å². The minimum Gasteiger partial charge on any atom is -0.413 e. The molecule has 0 fully saturated rings. The van der Waals surface area contributed by atoms with E-state index in [-0.39, 0.29) is 28.8 Å². The van der Waals surface area contributed by atoms with E-state index in [1.54, 1.807) is 0 Å². The van der Waals surface area contributed by atoms with Gasteiger partial charge >= 0.3 is 0 Å². The maximum absolute atomic E-state index is 12.4. The quantitative estimate of drug-likeness (QED) is 0.479. The number of ketones is 1. The Balaban J connectivity index is 2.81. The van der Waals surface area contributed by atoms with Gasteiger partial charge in [-0.2, -0.15) is 0 Å². The lowest BCUT2D eigenvalue weighted by Crippen LogP contribution is -2.49. The van der Waals surface area contributed by atoms with Crippen LogP contribution in [-0.2, 0) is 20.6 Å². The van der Waals surface area contributed by atoms with E-state index in [0.717, 1.165) is 0 Å². The van der Waals surface area contributed by atoms with Gasteiger partial charge in [-0.15, -0.1) is 0 Å². The molecule has 0 amide bonds. The van der Waals surface area contributed by atoms with Gasteiger partial charge in [0.05, 0.1) is 19.3 Å². The van der Waals surface area contributed by atoms with Gasteiger partial charge in [0.25, 0.3) is 0 Å². The van der Waals surface area contributed by atoms with Crippen LogP contribution in [0.5, 0.6) is 0 Å². The summed E-state index contributed by atoms with van der Waals surface area (Å²) in [4.78, 5) is 12.4. The second-order valence-corrected chi connectivity index (χ2v) is 13.7. The third-order valence-electron chi connectivity index (χ3n) is 5.64. The predicted molar refractivity (Wildman–Crippen MR) is 112 cm³/mol. The van der Waals surface area contributed by atoms with Crippen molar-refractivity contribution in [2.45, 2.75) is 78.8 Å². The molecule has 0 aliphatic rings. The Labute approximate surface area is 161 Å². The van der Waals surface area contributed by atoms with Crippen molar-refractivity contribution < 1.29 is 14.0 Å². The highest BCUT2D eigenvalue weighted by molar-refractivity contribution is 6.74. The topological polar surface area (TPSA) is 35.5 Å². The molecule has 2 unspecified atom stereocenters. The summed E-state index contributed by atoms with van der Waals surface area (Å²) in [5.41, 5.74) is 1.17. The van der Waals surface area contributed by atoms with E-state index in [1.807, 2.05) is 32.0 Å². The van der Waals surface area contributed by atoms with E-state index in [4.69, 9.17) is 9.16 Å². The van der Waals surface area contributed by atoms with Gasteiger partial charge in [-0.05, 0) is 23.7 Å². The van der Waals surface area contributed by atoms with E-state index in [1.165, 1.54) is 5.56 Å². The fraction of sp³-hybridized carbons (Fsp3) is 0.682. The summed E-state index contributed by atoms with van der Waals surface area (Å²) in [5.74, 6) is 0.325. The number of benzene rings is 1. The number of carbonyl (C=O) groups is 1. The molecule has 0 saturated heterocycles. The molecule has 0 spiro atoms. The van der Waals surface area contributed by atoms with Crippen molar-refractivity contribution in [3.63, 3.8) is 0 Å². The molecule has 0 radical (unpaired) electrons. The number of hydrogen-bond acceptors (Lipinski definition) is 3. The van der Waals surface area contributed by atoms with Crippen LogP contribution in [-0.4, -0.2) is 26.8 Å². The zero-order valence-corrected chi connectivity index (χ0v) is 19.0. The Morgan fingerprint density at radius 2 is 1.69 bits per heavy atom. The lowest BCUT2D eigenvalue weighted by molar-refractivity contribution is -0.126. The molecule has 4 heteroatoms. The highest BCUT2D eigenvalue weighted by Crippen LogP contribution is 2.39. The molecular formula is C22H38O3Si. The van der Waals surface area contributed by atoms with Crippen LogP contribution in [0, 0.1) is 11.8 Å². The van der Waals surface area contributed by atoms with Crippen molar-refractivity contribution in [2.75, 3.05) is 6.61 Å².